The quantitative estimate of drug-likeness (QED) is 0.447. The first-order valence-corrected chi connectivity index (χ1v) is 9.94. The van der Waals surface area contributed by atoms with Crippen LogP contribution in [0.4, 0.5) is 0 Å². The Morgan fingerprint density at radius 3 is 1.48 bits per heavy atom. The van der Waals surface area contributed by atoms with E-state index in [1.807, 2.05) is 84.9 Å². The summed E-state index contributed by atoms with van der Waals surface area (Å²) in [6, 6.07) is 40.6. The molecule has 0 aliphatic carbocycles. The molecular weight excluding hydrogens is 354 g/mol. The minimum atomic E-state index is -0.792. The number of hydrogen-bond donors (Lipinski definition) is 2. The lowest BCUT2D eigenvalue weighted by Gasteiger charge is -2.40. The van der Waals surface area contributed by atoms with E-state index in [9.17, 15) is 5.11 Å². The van der Waals surface area contributed by atoms with Gasteiger partial charge in [-0.1, -0.05) is 121 Å². The predicted octanol–water partition coefficient (Wildman–Crippen LogP) is 5.45. The standard InChI is InChI=1S/C27H25NO/c29-26(23-15-7-2-8-16-23)27(24-17-9-3-10-18-24,25-19-11-4-12-20-25)28-21-22-13-5-1-6-14-22/h1-20,26,28-29H,21H2/t26-/m0/s1. The molecule has 4 aromatic rings. The molecule has 0 spiro atoms. The molecule has 2 heteroatoms. The summed E-state index contributed by atoms with van der Waals surface area (Å²) in [4.78, 5) is 0. The van der Waals surface area contributed by atoms with E-state index in [4.69, 9.17) is 0 Å². The predicted molar refractivity (Wildman–Crippen MR) is 118 cm³/mol. The lowest BCUT2D eigenvalue weighted by atomic mass is 9.75. The van der Waals surface area contributed by atoms with Gasteiger partial charge in [-0.2, -0.15) is 0 Å². The molecule has 0 amide bonds. The molecule has 0 bridgehead atoms. The van der Waals surface area contributed by atoms with E-state index in [0.29, 0.717) is 6.54 Å². The summed E-state index contributed by atoms with van der Waals surface area (Å²) >= 11 is 0. The highest BCUT2D eigenvalue weighted by Crippen LogP contribution is 2.41. The third kappa shape index (κ3) is 4.00. The maximum absolute atomic E-state index is 11.8. The highest BCUT2D eigenvalue weighted by Gasteiger charge is 2.41. The maximum atomic E-state index is 11.8. The Bertz CT molecular complexity index is 962. The second-order valence-electron chi connectivity index (χ2n) is 7.19. The van der Waals surface area contributed by atoms with Crippen LogP contribution in [0.3, 0.4) is 0 Å². The lowest BCUT2D eigenvalue weighted by Crippen LogP contribution is -2.48. The molecule has 0 fully saturated rings. The molecule has 2 nitrogen and oxygen atoms in total. The Labute approximate surface area is 172 Å². The van der Waals surface area contributed by atoms with Crippen LogP contribution in [0.5, 0.6) is 0 Å². The molecule has 2 N–H and O–H groups in total. The zero-order chi connectivity index (χ0) is 19.9. The number of aliphatic hydroxyl groups is 1. The molecule has 0 aromatic heterocycles. The van der Waals surface area contributed by atoms with Crippen molar-refractivity contribution in [3.63, 3.8) is 0 Å². The normalized spacial score (nSPS) is 12.4. The van der Waals surface area contributed by atoms with Gasteiger partial charge in [0.25, 0.3) is 0 Å². The number of rotatable bonds is 7. The molecule has 1 atom stereocenters. The topological polar surface area (TPSA) is 32.3 Å². The molecule has 0 aliphatic rings. The fourth-order valence-electron chi connectivity index (χ4n) is 3.91. The van der Waals surface area contributed by atoms with Crippen LogP contribution < -0.4 is 5.32 Å². The Morgan fingerprint density at radius 1 is 0.586 bits per heavy atom. The monoisotopic (exact) mass is 379 g/mol. The molecule has 4 aromatic carbocycles. The van der Waals surface area contributed by atoms with Crippen molar-refractivity contribution in [1.82, 2.24) is 5.32 Å². The number of hydrogen-bond acceptors (Lipinski definition) is 2. The van der Waals surface area contributed by atoms with Crippen molar-refractivity contribution in [3.05, 3.63) is 144 Å². The Balaban J connectivity index is 1.87. The summed E-state index contributed by atoms with van der Waals surface area (Å²) < 4.78 is 0. The third-order valence-electron chi connectivity index (χ3n) is 5.40. The van der Waals surface area contributed by atoms with Gasteiger partial charge < -0.3 is 5.11 Å². The fourth-order valence-corrected chi connectivity index (χ4v) is 3.91. The second-order valence-corrected chi connectivity index (χ2v) is 7.19. The first-order valence-electron chi connectivity index (χ1n) is 9.94. The van der Waals surface area contributed by atoms with Crippen LogP contribution in [-0.2, 0) is 12.1 Å². The SMILES string of the molecule is O[C@@H](c1ccccc1)C(NCc1ccccc1)(c1ccccc1)c1ccccc1. The average molecular weight is 380 g/mol. The van der Waals surface area contributed by atoms with Gasteiger partial charge in [-0.25, -0.2) is 0 Å². The molecule has 0 heterocycles. The van der Waals surface area contributed by atoms with E-state index in [-0.39, 0.29) is 0 Å². The van der Waals surface area contributed by atoms with Crippen LogP contribution in [0.15, 0.2) is 121 Å². The Hall–Kier alpha value is -3.20. The summed E-state index contributed by atoms with van der Waals surface area (Å²) in [6.45, 7) is 0.633. The van der Waals surface area contributed by atoms with Gasteiger partial charge >= 0.3 is 0 Å². The average Bonchev–Trinajstić information content (AvgIpc) is 2.82. The first-order chi connectivity index (χ1) is 14.3. The summed E-state index contributed by atoms with van der Waals surface area (Å²) in [5.74, 6) is 0. The van der Waals surface area contributed by atoms with Crippen LogP contribution in [0.25, 0.3) is 0 Å². The fraction of sp³-hybridized carbons (Fsp3) is 0.111. The number of nitrogens with one attached hydrogen (secondary N) is 1. The van der Waals surface area contributed by atoms with Gasteiger partial charge in [-0.05, 0) is 22.3 Å². The molecule has 0 radical (unpaired) electrons. The van der Waals surface area contributed by atoms with Gasteiger partial charge in [0.05, 0.1) is 5.54 Å². The van der Waals surface area contributed by atoms with E-state index >= 15 is 0 Å². The molecule has 0 saturated carbocycles. The third-order valence-corrected chi connectivity index (χ3v) is 5.40. The van der Waals surface area contributed by atoms with E-state index in [2.05, 4.69) is 41.7 Å². The molecule has 0 saturated heterocycles. The maximum Gasteiger partial charge on any atom is 0.106 e. The zero-order valence-electron chi connectivity index (χ0n) is 16.3. The van der Waals surface area contributed by atoms with Gasteiger partial charge in [-0.3, -0.25) is 5.32 Å². The van der Waals surface area contributed by atoms with E-state index in [0.717, 1.165) is 16.7 Å². The summed E-state index contributed by atoms with van der Waals surface area (Å²) in [6.07, 6.45) is -0.766. The van der Waals surface area contributed by atoms with Crippen LogP contribution >= 0.6 is 0 Å². The van der Waals surface area contributed by atoms with Crippen LogP contribution in [-0.4, -0.2) is 5.11 Å². The van der Waals surface area contributed by atoms with Gasteiger partial charge in [0.1, 0.15) is 6.10 Å². The van der Waals surface area contributed by atoms with Crippen LogP contribution in [0.1, 0.15) is 28.4 Å². The summed E-state index contributed by atoms with van der Waals surface area (Å²) in [5.41, 5.74) is 3.31. The number of aliphatic hydroxyl groups excluding tert-OH is 1. The Kier molecular flexibility index (Phi) is 5.85. The van der Waals surface area contributed by atoms with Gasteiger partial charge in [0, 0.05) is 6.54 Å². The van der Waals surface area contributed by atoms with Crippen LogP contribution in [0, 0.1) is 0 Å². The van der Waals surface area contributed by atoms with E-state index < -0.39 is 11.6 Å². The van der Waals surface area contributed by atoms with E-state index in [1.165, 1.54) is 5.56 Å². The van der Waals surface area contributed by atoms with Crippen molar-refractivity contribution in [2.75, 3.05) is 0 Å². The number of benzene rings is 4. The van der Waals surface area contributed by atoms with Crippen molar-refractivity contribution in [1.29, 1.82) is 0 Å². The minimum absolute atomic E-state index is 0.633. The second kappa shape index (κ2) is 8.87. The molecule has 29 heavy (non-hydrogen) atoms. The highest BCUT2D eigenvalue weighted by atomic mass is 16.3. The zero-order valence-corrected chi connectivity index (χ0v) is 16.3. The van der Waals surface area contributed by atoms with Gasteiger partial charge in [0.15, 0.2) is 0 Å². The molecule has 0 unspecified atom stereocenters. The van der Waals surface area contributed by atoms with Gasteiger partial charge in [-0.15, -0.1) is 0 Å². The lowest BCUT2D eigenvalue weighted by molar-refractivity contribution is 0.0795. The Morgan fingerprint density at radius 2 is 1.00 bits per heavy atom. The van der Waals surface area contributed by atoms with Gasteiger partial charge in [0.2, 0.25) is 0 Å². The highest BCUT2D eigenvalue weighted by molar-refractivity contribution is 5.43. The van der Waals surface area contributed by atoms with Crippen molar-refractivity contribution in [2.45, 2.75) is 18.2 Å². The van der Waals surface area contributed by atoms with Crippen molar-refractivity contribution in [2.24, 2.45) is 0 Å². The molecule has 144 valence electrons. The first kappa shape index (κ1) is 19.1. The van der Waals surface area contributed by atoms with Crippen molar-refractivity contribution < 1.29 is 5.11 Å². The van der Waals surface area contributed by atoms with Crippen molar-refractivity contribution >= 4 is 0 Å². The molecule has 4 rings (SSSR count). The van der Waals surface area contributed by atoms with Crippen molar-refractivity contribution in [3.8, 4) is 0 Å². The van der Waals surface area contributed by atoms with Crippen LogP contribution in [0.2, 0.25) is 0 Å². The molecular formula is C27H25NO. The van der Waals surface area contributed by atoms with E-state index in [1.54, 1.807) is 0 Å². The minimum Gasteiger partial charge on any atom is -0.386 e. The summed E-state index contributed by atoms with van der Waals surface area (Å²) in [5, 5.41) is 15.5. The smallest absolute Gasteiger partial charge is 0.106 e. The summed E-state index contributed by atoms with van der Waals surface area (Å²) in [7, 11) is 0. The molecule has 0 aliphatic heterocycles. The largest absolute Gasteiger partial charge is 0.386 e.